The predicted molar refractivity (Wildman–Crippen MR) is 52.1 cm³/mol. The Morgan fingerprint density at radius 1 is 1.29 bits per heavy atom. The maximum Gasteiger partial charge on any atom is 0.309 e. The Bertz CT molecular complexity index is 456. The first-order valence-corrected chi connectivity index (χ1v) is 4.21. The Hall–Kier alpha value is -1.97. The second kappa shape index (κ2) is 3.83. The molecule has 2 rings (SSSR count). The van der Waals surface area contributed by atoms with E-state index in [9.17, 15) is 4.79 Å². The molecule has 0 spiro atoms. The van der Waals surface area contributed by atoms with Gasteiger partial charge < -0.3 is 5.32 Å². The number of hydrogen-bond acceptors (Lipinski definition) is 3. The summed E-state index contributed by atoms with van der Waals surface area (Å²) in [5.74, 6) is 0. The minimum absolute atomic E-state index is 0.362. The lowest BCUT2D eigenvalue weighted by Crippen LogP contribution is -2.11. The summed E-state index contributed by atoms with van der Waals surface area (Å²) in [5, 5.41) is 2.42. The highest BCUT2D eigenvalue weighted by Crippen LogP contribution is 2.07. The lowest BCUT2D eigenvalue weighted by Gasteiger charge is -2.00. The molecule has 1 aromatic carbocycles. The molecule has 0 atom stereocenters. The number of para-hydroxylation sites is 2. The highest BCUT2D eigenvalue weighted by molar-refractivity contribution is 5.73. The molecule has 0 fully saturated rings. The zero-order valence-electron chi connectivity index (χ0n) is 7.40. The molecule has 0 aliphatic carbocycles. The van der Waals surface area contributed by atoms with Crippen LogP contribution in [0.3, 0.4) is 0 Å². The van der Waals surface area contributed by atoms with Crippen molar-refractivity contribution < 1.29 is 4.79 Å². The van der Waals surface area contributed by atoms with Gasteiger partial charge in [0, 0.05) is 0 Å². The molecule has 14 heavy (non-hydrogen) atoms. The smallest absolute Gasteiger partial charge is 0.309 e. The lowest BCUT2D eigenvalue weighted by molar-refractivity contribution is 0.541. The summed E-state index contributed by atoms with van der Waals surface area (Å²) in [6.07, 6.45) is 3.24. The van der Waals surface area contributed by atoms with E-state index in [1.165, 1.54) is 0 Å². The molecule has 0 saturated heterocycles. The zero-order chi connectivity index (χ0) is 9.80. The zero-order valence-corrected chi connectivity index (χ0v) is 7.40. The number of fused-ring (bicyclic) bond motifs is 1. The molecule has 0 bridgehead atoms. The fraction of sp³-hybridized carbons (Fsp3) is 0.100. The highest BCUT2D eigenvalue weighted by atomic mass is 16.1. The molecule has 1 amide bonds. The molecule has 0 aliphatic heterocycles. The van der Waals surface area contributed by atoms with Crippen LogP contribution in [0.25, 0.3) is 11.0 Å². The van der Waals surface area contributed by atoms with Crippen molar-refractivity contribution in [2.75, 3.05) is 0 Å². The van der Waals surface area contributed by atoms with Gasteiger partial charge in [0.2, 0.25) is 0 Å². The van der Waals surface area contributed by atoms with E-state index >= 15 is 0 Å². The Morgan fingerprint density at radius 2 is 2.07 bits per heavy atom. The number of rotatable bonds is 3. The average molecular weight is 186 g/mol. The summed E-state index contributed by atoms with van der Waals surface area (Å²) in [4.78, 5) is 18.5. The minimum atomic E-state index is 0.362. The van der Waals surface area contributed by atoms with E-state index in [0.29, 0.717) is 6.54 Å². The molecule has 69 valence electrons. The van der Waals surface area contributed by atoms with Gasteiger partial charge in [0.05, 0.1) is 29.5 Å². The van der Waals surface area contributed by atoms with E-state index in [1.807, 2.05) is 24.3 Å². The third-order valence-corrected chi connectivity index (χ3v) is 1.84. The molecule has 1 heterocycles. The van der Waals surface area contributed by atoms with Gasteiger partial charge in [-0.25, -0.2) is 4.98 Å². The maximum atomic E-state index is 9.96. The Labute approximate surface area is 81.0 Å². The standard InChI is InChI=1S/C10H8N3O/c14-7-11-5-8-6-12-9-3-1-2-4-10(9)13-8/h1-4,6H,5H2,(H,11,14). The van der Waals surface area contributed by atoms with Crippen LogP contribution in [0.1, 0.15) is 5.69 Å². The summed E-state index contributed by atoms with van der Waals surface area (Å²) in [6.45, 7) is 0.362. The fourth-order valence-electron chi connectivity index (χ4n) is 1.21. The van der Waals surface area contributed by atoms with Crippen molar-refractivity contribution in [3.63, 3.8) is 0 Å². The third kappa shape index (κ3) is 1.69. The number of nitrogens with zero attached hydrogens (tertiary/aromatic N) is 2. The summed E-state index contributed by atoms with van der Waals surface area (Å²) < 4.78 is 0. The SMILES string of the molecule is O=[C]NCc1cnc2ccccc2n1. The van der Waals surface area contributed by atoms with E-state index in [4.69, 9.17) is 0 Å². The van der Waals surface area contributed by atoms with Gasteiger partial charge in [0.1, 0.15) is 0 Å². The molecule has 1 aromatic heterocycles. The van der Waals surface area contributed by atoms with Crippen molar-refractivity contribution in [3.8, 4) is 0 Å². The number of hydrogen-bond donors (Lipinski definition) is 1. The van der Waals surface area contributed by atoms with Gasteiger partial charge in [-0.05, 0) is 12.1 Å². The normalized spacial score (nSPS) is 10.0. The lowest BCUT2D eigenvalue weighted by atomic mass is 10.3. The van der Waals surface area contributed by atoms with E-state index in [-0.39, 0.29) is 0 Å². The van der Waals surface area contributed by atoms with Gasteiger partial charge in [-0.15, -0.1) is 0 Å². The van der Waals surface area contributed by atoms with Crippen molar-refractivity contribution in [3.05, 3.63) is 36.2 Å². The van der Waals surface area contributed by atoms with Crippen LogP contribution in [-0.2, 0) is 11.3 Å². The van der Waals surface area contributed by atoms with E-state index in [1.54, 1.807) is 12.6 Å². The van der Waals surface area contributed by atoms with E-state index < -0.39 is 0 Å². The van der Waals surface area contributed by atoms with Crippen LogP contribution >= 0.6 is 0 Å². The Morgan fingerprint density at radius 3 is 2.86 bits per heavy atom. The second-order valence-electron chi connectivity index (χ2n) is 2.81. The first-order chi connectivity index (χ1) is 6.90. The van der Waals surface area contributed by atoms with Crippen LogP contribution in [0.15, 0.2) is 30.5 Å². The van der Waals surface area contributed by atoms with Gasteiger partial charge >= 0.3 is 6.41 Å². The second-order valence-corrected chi connectivity index (χ2v) is 2.81. The summed E-state index contributed by atoms with van der Waals surface area (Å²) in [5.41, 5.74) is 2.41. The molecule has 1 N–H and O–H groups in total. The van der Waals surface area contributed by atoms with Crippen molar-refractivity contribution in [1.29, 1.82) is 0 Å². The summed E-state index contributed by atoms with van der Waals surface area (Å²) >= 11 is 0. The van der Waals surface area contributed by atoms with Crippen molar-refractivity contribution in [2.24, 2.45) is 0 Å². The predicted octanol–water partition coefficient (Wildman–Crippen LogP) is 0.787. The fourth-order valence-corrected chi connectivity index (χ4v) is 1.21. The topological polar surface area (TPSA) is 54.9 Å². The summed E-state index contributed by atoms with van der Waals surface area (Å²) in [7, 11) is 0. The third-order valence-electron chi connectivity index (χ3n) is 1.84. The van der Waals surface area contributed by atoms with Crippen molar-refractivity contribution in [2.45, 2.75) is 6.54 Å². The van der Waals surface area contributed by atoms with Crippen molar-refractivity contribution >= 4 is 17.4 Å². The number of amides is 1. The number of nitrogens with one attached hydrogen (secondary N) is 1. The quantitative estimate of drug-likeness (QED) is 0.721. The molecule has 4 heteroatoms. The van der Waals surface area contributed by atoms with Crippen LogP contribution in [0.2, 0.25) is 0 Å². The number of aromatic nitrogens is 2. The first-order valence-electron chi connectivity index (χ1n) is 4.21. The molecule has 4 nitrogen and oxygen atoms in total. The Kier molecular flexibility index (Phi) is 2.36. The van der Waals surface area contributed by atoms with Crippen LogP contribution in [-0.4, -0.2) is 16.4 Å². The van der Waals surface area contributed by atoms with Gasteiger partial charge in [0.25, 0.3) is 0 Å². The molecule has 1 radical (unpaired) electrons. The van der Waals surface area contributed by atoms with Crippen LogP contribution in [0.4, 0.5) is 0 Å². The highest BCUT2D eigenvalue weighted by Gasteiger charge is 1.97. The first kappa shape index (κ1) is 8.62. The molecular formula is C10H8N3O. The van der Waals surface area contributed by atoms with Gasteiger partial charge in [-0.3, -0.25) is 9.78 Å². The number of benzene rings is 1. The van der Waals surface area contributed by atoms with Crippen LogP contribution in [0.5, 0.6) is 0 Å². The Balaban J connectivity index is 2.36. The average Bonchev–Trinajstić information content (AvgIpc) is 2.26. The molecule has 0 saturated carbocycles. The number of carbonyl (C=O) groups excluding carboxylic acids is 1. The van der Waals surface area contributed by atoms with Crippen LogP contribution < -0.4 is 5.32 Å². The maximum absolute atomic E-state index is 9.96. The summed E-state index contributed by atoms with van der Waals surface area (Å²) in [6, 6.07) is 7.59. The van der Waals surface area contributed by atoms with Gasteiger partial charge in [-0.2, -0.15) is 0 Å². The van der Waals surface area contributed by atoms with Crippen molar-refractivity contribution in [1.82, 2.24) is 15.3 Å². The van der Waals surface area contributed by atoms with Gasteiger partial charge in [-0.1, -0.05) is 12.1 Å². The van der Waals surface area contributed by atoms with E-state index in [2.05, 4.69) is 15.3 Å². The van der Waals surface area contributed by atoms with Gasteiger partial charge in [0.15, 0.2) is 0 Å². The molecular weight excluding hydrogens is 178 g/mol. The van der Waals surface area contributed by atoms with E-state index in [0.717, 1.165) is 16.7 Å². The molecule has 2 aromatic rings. The minimum Gasteiger partial charge on any atom is -0.342 e. The monoisotopic (exact) mass is 186 g/mol. The molecule has 0 unspecified atom stereocenters. The molecule has 0 aliphatic rings. The largest absolute Gasteiger partial charge is 0.342 e. The van der Waals surface area contributed by atoms with Crippen LogP contribution in [0, 0.1) is 0 Å².